The molecule has 1 heterocycles. The van der Waals surface area contributed by atoms with Crippen molar-refractivity contribution in [3.05, 3.63) is 11.6 Å². The summed E-state index contributed by atoms with van der Waals surface area (Å²) in [7, 11) is 0. The molecule has 4 heteroatoms. The first-order chi connectivity index (χ1) is 7.81. The highest BCUT2D eigenvalue weighted by Gasteiger charge is 2.15. The van der Waals surface area contributed by atoms with Gasteiger partial charge in [-0.2, -0.15) is 0 Å². The fourth-order valence-corrected chi connectivity index (χ4v) is 2.44. The van der Waals surface area contributed by atoms with Crippen LogP contribution in [0.5, 0.6) is 0 Å². The molecular weight excluding hydrogens is 200 g/mol. The summed E-state index contributed by atoms with van der Waals surface area (Å²) in [6, 6.07) is 0.701. The number of nitrogens with one attached hydrogen (secondary N) is 1. The maximum Gasteiger partial charge on any atom is 0.147 e. The lowest BCUT2D eigenvalue weighted by molar-refractivity contribution is 0.495. The van der Waals surface area contributed by atoms with Gasteiger partial charge in [0.1, 0.15) is 11.6 Å². The molecular formula is C12H22N4. The van der Waals surface area contributed by atoms with Crippen LogP contribution in [0.15, 0.2) is 0 Å². The Morgan fingerprint density at radius 1 is 1.31 bits per heavy atom. The summed E-state index contributed by atoms with van der Waals surface area (Å²) in [5.41, 5.74) is 0. The quantitative estimate of drug-likeness (QED) is 0.829. The van der Waals surface area contributed by atoms with E-state index < -0.39 is 0 Å². The van der Waals surface area contributed by atoms with Crippen molar-refractivity contribution in [1.29, 1.82) is 0 Å². The lowest BCUT2D eigenvalue weighted by Crippen LogP contribution is -2.27. The van der Waals surface area contributed by atoms with E-state index in [9.17, 15) is 0 Å². The number of nitrogens with zero attached hydrogens (tertiary/aromatic N) is 3. The van der Waals surface area contributed by atoms with Gasteiger partial charge in [-0.3, -0.25) is 0 Å². The summed E-state index contributed by atoms with van der Waals surface area (Å²) in [6.07, 6.45) is 6.52. The van der Waals surface area contributed by atoms with Crippen LogP contribution in [-0.4, -0.2) is 20.8 Å². The zero-order valence-corrected chi connectivity index (χ0v) is 10.4. The van der Waals surface area contributed by atoms with Gasteiger partial charge in [-0.1, -0.05) is 19.8 Å². The predicted octanol–water partition coefficient (Wildman–Crippen LogP) is 2.03. The highest BCUT2D eigenvalue weighted by atomic mass is 15.3. The van der Waals surface area contributed by atoms with E-state index in [1.807, 2.05) is 6.92 Å². The van der Waals surface area contributed by atoms with Crippen LogP contribution in [-0.2, 0) is 13.1 Å². The number of hydrogen-bond acceptors (Lipinski definition) is 3. The maximum absolute atomic E-state index is 4.25. The normalized spacial score (nSPS) is 17.1. The zero-order valence-electron chi connectivity index (χ0n) is 10.4. The van der Waals surface area contributed by atoms with Crippen molar-refractivity contribution < 1.29 is 0 Å². The number of hydrogen-bond donors (Lipinski definition) is 1. The van der Waals surface area contributed by atoms with Gasteiger partial charge in [-0.25, -0.2) is 0 Å². The van der Waals surface area contributed by atoms with Gasteiger partial charge in [-0.05, 0) is 26.2 Å². The smallest absolute Gasteiger partial charge is 0.147 e. The van der Waals surface area contributed by atoms with Crippen molar-refractivity contribution in [3.63, 3.8) is 0 Å². The summed E-state index contributed by atoms with van der Waals surface area (Å²) in [6.45, 7) is 6.11. The van der Waals surface area contributed by atoms with Gasteiger partial charge in [0.2, 0.25) is 0 Å². The van der Waals surface area contributed by atoms with Crippen LogP contribution in [0.1, 0.15) is 50.7 Å². The lowest BCUT2D eigenvalue weighted by Gasteiger charge is -2.12. The number of rotatable bonds is 5. The fourth-order valence-electron chi connectivity index (χ4n) is 2.44. The molecule has 1 aromatic heterocycles. The third kappa shape index (κ3) is 2.61. The van der Waals surface area contributed by atoms with Crippen molar-refractivity contribution in [2.45, 2.75) is 65.1 Å². The Morgan fingerprint density at radius 3 is 2.75 bits per heavy atom. The second-order valence-electron chi connectivity index (χ2n) is 4.68. The van der Waals surface area contributed by atoms with Gasteiger partial charge in [0, 0.05) is 12.6 Å². The number of aryl methyl sites for hydroxylation is 1. The van der Waals surface area contributed by atoms with Crippen molar-refractivity contribution in [1.82, 2.24) is 20.1 Å². The molecule has 2 rings (SSSR count). The second kappa shape index (κ2) is 5.43. The predicted molar refractivity (Wildman–Crippen MR) is 64.1 cm³/mol. The molecule has 1 aliphatic carbocycles. The minimum atomic E-state index is 0.701. The molecule has 4 nitrogen and oxygen atoms in total. The lowest BCUT2D eigenvalue weighted by atomic mass is 10.2. The molecule has 1 aliphatic rings. The SMILES string of the molecule is CCCn1c(C)nnc1CNC1CCCC1. The summed E-state index contributed by atoms with van der Waals surface area (Å²) in [5, 5.41) is 12.0. The highest BCUT2D eigenvalue weighted by molar-refractivity contribution is 4.94. The highest BCUT2D eigenvalue weighted by Crippen LogP contribution is 2.18. The Kier molecular flexibility index (Phi) is 3.93. The van der Waals surface area contributed by atoms with E-state index >= 15 is 0 Å². The monoisotopic (exact) mass is 222 g/mol. The molecule has 1 aromatic rings. The van der Waals surface area contributed by atoms with Crippen molar-refractivity contribution in [2.75, 3.05) is 0 Å². The van der Waals surface area contributed by atoms with Crippen LogP contribution in [0.4, 0.5) is 0 Å². The Hall–Kier alpha value is -0.900. The molecule has 16 heavy (non-hydrogen) atoms. The van der Waals surface area contributed by atoms with Gasteiger partial charge in [0.05, 0.1) is 6.54 Å². The molecule has 1 saturated carbocycles. The van der Waals surface area contributed by atoms with Gasteiger partial charge in [-0.15, -0.1) is 10.2 Å². The van der Waals surface area contributed by atoms with Gasteiger partial charge in [0.25, 0.3) is 0 Å². The first-order valence-electron chi connectivity index (χ1n) is 6.43. The van der Waals surface area contributed by atoms with E-state index in [-0.39, 0.29) is 0 Å². The molecule has 0 radical (unpaired) electrons. The standard InChI is InChI=1S/C12H22N4/c1-3-8-16-10(2)14-15-12(16)9-13-11-6-4-5-7-11/h11,13H,3-9H2,1-2H3. The molecule has 1 fully saturated rings. The molecule has 0 atom stereocenters. The molecule has 0 aliphatic heterocycles. The third-order valence-corrected chi connectivity index (χ3v) is 3.36. The molecule has 1 N–H and O–H groups in total. The van der Waals surface area contributed by atoms with Crippen LogP contribution in [0, 0.1) is 6.92 Å². The third-order valence-electron chi connectivity index (χ3n) is 3.36. The van der Waals surface area contributed by atoms with Gasteiger partial charge >= 0.3 is 0 Å². The van der Waals surface area contributed by atoms with Crippen LogP contribution in [0.25, 0.3) is 0 Å². The van der Waals surface area contributed by atoms with E-state index in [0.29, 0.717) is 6.04 Å². The maximum atomic E-state index is 4.25. The Bertz CT molecular complexity index is 326. The molecule has 90 valence electrons. The van der Waals surface area contributed by atoms with E-state index in [2.05, 4.69) is 27.0 Å². The zero-order chi connectivity index (χ0) is 11.4. The Morgan fingerprint density at radius 2 is 2.06 bits per heavy atom. The summed E-state index contributed by atoms with van der Waals surface area (Å²) in [5.74, 6) is 2.12. The van der Waals surface area contributed by atoms with E-state index in [4.69, 9.17) is 0 Å². The van der Waals surface area contributed by atoms with Crippen molar-refractivity contribution >= 4 is 0 Å². The van der Waals surface area contributed by atoms with Crippen LogP contribution >= 0.6 is 0 Å². The first-order valence-corrected chi connectivity index (χ1v) is 6.43. The minimum Gasteiger partial charge on any atom is -0.314 e. The Labute approximate surface area is 97.5 Å². The number of aromatic nitrogens is 3. The topological polar surface area (TPSA) is 42.7 Å². The average molecular weight is 222 g/mol. The van der Waals surface area contributed by atoms with Crippen molar-refractivity contribution in [2.24, 2.45) is 0 Å². The van der Waals surface area contributed by atoms with Gasteiger partial charge in [0.15, 0.2) is 0 Å². The van der Waals surface area contributed by atoms with E-state index in [1.54, 1.807) is 0 Å². The first kappa shape index (κ1) is 11.6. The van der Waals surface area contributed by atoms with Crippen LogP contribution in [0.3, 0.4) is 0 Å². The van der Waals surface area contributed by atoms with E-state index in [0.717, 1.165) is 31.2 Å². The van der Waals surface area contributed by atoms with Gasteiger partial charge < -0.3 is 9.88 Å². The molecule has 0 spiro atoms. The van der Waals surface area contributed by atoms with Crippen LogP contribution < -0.4 is 5.32 Å². The molecule has 0 amide bonds. The average Bonchev–Trinajstić information content (AvgIpc) is 2.89. The molecule has 0 bridgehead atoms. The van der Waals surface area contributed by atoms with Crippen molar-refractivity contribution in [3.8, 4) is 0 Å². The second-order valence-corrected chi connectivity index (χ2v) is 4.68. The minimum absolute atomic E-state index is 0.701. The Balaban J connectivity index is 1.92. The largest absolute Gasteiger partial charge is 0.314 e. The molecule has 0 saturated heterocycles. The van der Waals surface area contributed by atoms with Crippen LogP contribution in [0.2, 0.25) is 0 Å². The fraction of sp³-hybridized carbons (Fsp3) is 0.833. The summed E-state index contributed by atoms with van der Waals surface area (Å²) < 4.78 is 2.22. The summed E-state index contributed by atoms with van der Waals surface area (Å²) >= 11 is 0. The summed E-state index contributed by atoms with van der Waals surface area (Å²) in [4.78, 5) is 0. The molecule has 0 aromatic carbocycles. The van der Waals surface area contributed by atoms with E-state index in [1.165, 1.54) is 25.7 Å². The molecule has 0 unspecified atom stereocenters.